The summed E-state index contributed by atoms with van der Waals surface area (Å²) >= 11 is 5.04. The maximum Gasteiger partial charge on any atom is 0.357 e. The van der Waals surface area contributed by atoms with E-state index in [1.165, 1.54) is 18.4 Å². The van der Waals surface area contributed by atoms with Crippen molar-refractivity contribution < 1.29 is 9.53 Å². The summed E-state index contributed by atoms with van der Waals surface area (Å²) in [6.07, 6.45) is 0.712. The quantitative estimate of drug-likeness (QED) is 0.809. The standard InChI is InChI=1S/C13H12BrNO2S/c1-8-12(13(16)17-2)15-11(18-8)7-9-5-3-4-6-10(9)14/h3-6H,7H2,1-2H3. The normalized spacial score (nSPS) is 10.4. The van der Waals surface area contributed by atoms with E-state index in [2.05, 4.69) is 20.9 Å². The molecule has 0 atom stereocenters. The van der Waals surface area contributed by atoms with Gasteiger partial charge in [0.2, 0.25) is 0 Å². The second kappa shape index (κ2) is 5.63. The van der Waals surface area contributed by atoms with Crippen molar-refractivity contribution in [3.8, 4) is 0 Å². The molecule has 0 fully saturated rings. The van der Waals surface area contributed by atoms with Crippen LogP contribution < -0.4 is 0 Å². The van der Waals surface area contributed by atoms with Gasteiger partial charge in [0, 0.05) is 15.8 Å². The average molecular weight is 326 g/mol. The molecule has 0 aliphatic heterocycles. The molecule has 1 heterocycles. The van der Waals surface area contributed by atoms with Crippen LogP contribution in [0.2, 0.25) is 0 Å². The van der Waals surface area contributed by atoms with Gasteiger partial charge in [0.15, 0.2) is 5.69 Å². The summed E-state index contributed by atoms with van der Waals surface area (Å²) in [4.78, 5) is 16.7. The third-order valence-electron chi connectivity index (χ3n) is 2.52. The van der Waals surface area contributed by atoms with E-state index in [0.717, 1.165) is 19.9 Å². The van der Waals surface area contributed by atoms with E-state index in [-0.39, 0.29) is 5.97 Å². The van der Waals surface area contributed by atoms with Crippen LogP contribution >= 0.6 is 27.3 Å². The fraction of sp³-hybridized carbons (Fsp3) is 0.231. The summed E-state index contributed by atoms with van der Waals surface area (Å²) in [5.41, 5.74) is 1.58. The Bertz CT molecular complexity index is 580. The van der Waals surface area contributed by atoms with E-state index >= 15 is 0 Å². The van der Waals surface area contributed by atoms with Gasteiger partial charge in [0.1, 0.15) is 0 Å². The Morgan fingerprint density at radius 1 is 1.44 bits per heavy atom. The van der Waals surface area contributed by atoms with Crippen molar-refractivity contribution >= 4 is 33.2 Å². The largest absolute Gasteiger partial charge is 0.464 e. The van der Waals surface area contributed by atoms with Gasteiger partial charge in [0.05, 0.1) is 12.1 Å². The van der Waals surface area contributed by atoms with E-state index in [9.17, 15) is 4.79 Å². The minimum Gasteiger partial charge on any atom is -0.464 e. The Balaban J connectivity index is 2.26. The third kappa shape index (κ3) is 2.79. The molecule has 0 amide bonds. The van der Waals surface area contributed by atoms with Crippen LogP contribution in [0.25, 0.3) is 0 Å². The molecule has 2 aromatic rings. The predicted octanol–water partition coefficient (Wildman–Crippen LogP) is 3.59. The number of thiazole rings is 1. The SMILES string of the molecule is COC(=O)c1nc(Cc2ccccc2Br)sc1C. The van der Waals surface area contributed by atoms with Crippen LogP contribution in [0.4, 0.5) is 0 Å². The molecule has 0 bridgehead atoms. The number of aryl methyl sites for hydroxylation is 1. The lowest BCUT2D eigenvalue weighted by atomic mass is 10.2. The monoisotopic (exact) mass is 325 g/mol. The molecule has 0 aliphatic carbocycles. The molecule has 1 aromatic heterocycles. The van der Waals surface area contributed by atoms with Gasteiger partial charge in [-0.15, -0.1) is 11.3 Å². The molecule has 0 saturated heterocycles. The molecule has 18 heavy (non-hydrogen) atoms. The van der Waals surface area contributed by atoms with Crippen molar-refractivity contribution in [3.05, 3.63) is 49.9 Å². The fourth-order valence-corrected chi connectivity index (χ4v) is 2.99. The highest BCUT2D eigenvalue weighted by atomic mass is 79.9. The average Bonchev–Trinajstić information content (AvgIpc) is 2.72. The van der Waals surface area contributed by atoms with Gasteiger partial charge >= 0.3 is 5.97 Å². The Morgan fingerprint density at radius 2 is 2.17 bits per heavy atom. The molecule has 0 N–H and O–H groups in total. The fourth-order valence-electron chi connectivity index (χ4n) is 1.62. The number of rotatable bonds is 3. The van der Waals surface area contributed by atoms with Crippen LogP contribution in [0.15, 0.2) is 28.7 Å². The lowest BCUT2D eigenvalue weighted by Crippen LogP contribution is -2.03. The molecule has 2 rings (SSSR count). The summed E-state index contributed by atoms with van der Waals surface area (Å²) in [7, 11) is 1.37. The number of hydrogen-bond acceptors (Lipinski definition) is 4. The maximum absolute atomic E-state index is 11.5. The van der Waals surface area contributed by atoms with Crippen molar-refractivity contribution in [1.29, 1.82) is 0 Å². The molecule has 0 radical (unpaired) electrons. The maximum atomic E-state index is 11.5. The van der Waals surface area contributed by atoms with Gasteiger partial charge < -0.3 is 4.74 Å². The van der Waals surface area contributed by atoms with Gasteiger partial charge in [0.25, 0.3) is 0 Å². The van der Waals surface area contributed by atoms with E-state index in [0.29, 0.717) is 12.1 Å². The number of esters is 1. The van der Waals surface area contributed by atoms with Gasteiger partial charge in [-0.25, -0.2) is 9.78 Å². The van der Waals surface area contributed by atoms with Crippen molar-refractivity contribution in [2.45, 2.75) is 13.3 Å². The highest BCUT2D eigenvalue weighted by Gasteiger charge is 2.16. The van der Waals surface area contributed by atoms with Gasteiger partial charge in [-0.1, -0.05) is 34.1 Å². The molecule has 0 saturated carbocycles. The van der Waals surface area contributed by atoms with Crippen LogP contribution in [-0.2, 0) is 11.2 Å². The summed E-state index contributed by atoms with van der Waals surface area (Å²) < 4.78 is 5.75. The number of halogens is 1. The summed E-state index contributed by atoms with van der Waals surface area (Å²) in [6, 6.07) is 8.00. The number of aromatic nitrogens is 1. The Kier molecular flexibility index (Phi) is 4.14. The molecule has 94 valence electrons. The van der Waals surface area contributed by atoms with Gasteiger partial charge in [-0.2, -0.15) is 0 Å². The zero-order valence-corrected chi connectivity index (χ0v) is 12.5. The van der Waals surface area contributed by atoms with E-state index in [4.69, 9.17) is 4.74 Å². The summed E-state index contributed by atoms with van der Waals surface area (Å²) in [5, 5.41) is 0.916. The number of nitrogens with zero attached hydrogens (tertiary/aromatic N) is 1. The first kappa shape index (κ1) is 13.2. The second-order valence-electron chi connectivity index (χ2n) is 3.77. The van der Waals surface area contributed by atoms with E-state index in [1.807, 2.05) is 31.2 Å². The van der Waals surface area contributed by atoms with Crippen molar-refractivity contribution in [1.82, 2.24) is 4.98 Å². The first-order chi connectivity index (χ1) is 8.61. The van der Waals surface area contributed by atoms with Crippen LogP contribution in [0, 0.1) is 6.92 Å². The van der Waals surface area contributed by atoms with Crippen molar-refractivity contribution in [2.24, 2.45) is 0 Å². The first-order valence-electron chi connectivity index (χ1n) is 5.40. The minimum absolute atomic E-state index is 0.373. The van der Waals surface area contributed by atoms with Crippen LogP contribution in [0.3, 0.4) is 0 Å². The lowest BCUT2D eigenvalue weighted by Gasteiger charge is -2.00. The smallest absolute Gasteiger partial charge is 0.357 e. The summed E-state index contributed by atoms with van der Waals surface area (Å²) in [6.45, 7) is 1.88. The van der Waals surface area contributed by atoms with Crippen LogP contribution in [-0.4, -0.2) is 18.1 Å². The third-order valence-corrected chi connectivity index (χ3v) is 4.26. The predicted molar refractivity (Wildman–Crippen MR) is 75.1 cm³/mol. The lowest BCUT2D eigenvalue weighted by molar-refractivity contribution is 0.0594. The second-order valence-corrected chi connectivity index (χ2v) is 5.91. The number of benzene rings is 1. The molecule has 0 aliphatic rings. The number of carbonyl (C=O) groups is 1. The van der Waals surface area contributed by atoms with Gasteiger partial charge in [-0.3, -0.25) is 0 Å². The molecule has 3 nitrogen and oxygen atoms in total. The number of methoxy groups -OCH3 is 1. The number of ether oxygens (including phenoxy) is 1. The van der Waals surface area contributed by atoms with Crippen LogP contribution in [0.1, 0.15) is 25.9 Å². The van der Waals surface area contributed by atoms with Crippen LogP contribution in [0.5, 0.6) is 0 Å². The van der Waals surface area contributed by atoms with E-state index < -0.39 is 0 Å². The Morgan fingerprint density at radius 3 is 2.83 bits per heavy atom. The summed E-state index contributed by atoms with van der Waals surface area (Å²) in [5.74, 6) is -0.373. The topological polar surface area (TPSA) is 39.2 Å². The highest BCUT2D eigenvalue weighted by molar-refractivity contribution is 9.10. The number of hydrogen-bond donors (Lipinski definition) is 0. The molecule has 0 spiro atoms. The Hall–Kier alpha value is -1.20. The Labute approximate surface area is 118 Å². The zero-order chi connectivity index (χ0) is 13.1. The molecule has 5 heteroatoms. The first-order valence-corrected chi connectivity index (χ1v) is 7.00. The molecule has 1 aromatic carbocycles. The van der Waals surface area contributed by atoms with Gasteiger partial charge in [-0.05, 0) is 18.6 Å². The molecular weight excluding hydrogens is 314 g/mol. The van der Waals surface area contributed by atoms with Crippen molar-refractivity contribution in [2.75, 3.05) is 7.11 Å². The number of carbonyl (C=O) groups excluding carboxylic acids is 1. The van der Waals surface area contributed by atoms with Crippen molar-refractivity contribution in [3.63, 3.8) is 0 Å². The highest BCUT2D eigenvalue weighted by Crippen LogP contribution is 2.24. The minimum atomic E-state index is -0.373. The van der Waals surface area contributed by atoms with E-state index in [1.54, 1.807) is 0 Å². The molecule has 0 unspecified atom stereocenters. The zero-order valence-electron chi connectivity index (χ0n) is 10.1. The molecular formula is C13H12BrNO2S.